The summed E-state index contributed by atoms with van der Waals surface area (Å²) in [5.74, 6) is -0.447. The molecule has 7 nitrogen and oxygen atoms in total. The fourth-order valence-electron chi connectivity index (χ4n) is 4.32. The number of piperidine rings is 1. The van der Waals surface area contributed by atoms with E-state index in [0.29, 0.717) is 13.1 Å². The van der Waals surface area contributed by atoms with Gasteiger partial charge >= 0.3 is 6.18 Å². The Morgan fingerprint density at radius 3 is 2.35 bits per heavy atom. The Kier molecular flexibility index (Phi) is 7.59. The minimum absolute atomic E-state index is 0.122. The van der Waals surface area contributed by atoms with Crippen LogP contribution in [-0.2, 0) is 21.6 Å². The third-order valence-corrected chi connectivity index (χ3v) is 8.37. The zero-order valence-corrected chi connectivity index (χ0v) is 20.0. The van der Waals surface area contributed by atoms with Crippen molar-refractivity contribution in [1.29, 1.82) is 0 Å². The van der Waals surface area contributed by atoms with Crippen molar-refractivity contribution in [1.82, 2.24) is 14.9 Å². The Bertz CT molecular complexity index is 1130. The van der Waals surface area contributed by atoms with Gasteiger partial charge in [0.15, 0.2) is 5.37 Å². The van der Waals surface area contributed by atoms with Gasteiger partial charge in [0.25, 0.3) is 5.91 Å². The minimum atomic E-state index is -4.60. The van der Waals surface area contributed by atoms with Crippen LogP contribution in [0.15, 0.2) is 48.5 Å². The van der Waals surface area contributed by atoms with E-state index < -0.39 is 38.5 Å². The molecule has 1 fully saturated rings. The first-order valence-electron chi connectivity index (χ1n) is 10.7. The smallest absolute Gasteiger partial charge is 0.416 e. The number of alkyl halides is 3. The van der Waals surface area contributed by atoms with Crippen LogP contribution in [0.2, 0.25) is 0 Å². The van der Waals surface area contributed by atoms with Gasteiger partial charge in [0.05, 0.1) is 18.2 Å². The molecular formula is C23H28F3N3O4S. The van der Waals surface area contributed by atoms with E-state index >= 15 is 0 Å². The van der Waals surface area contributed by atoms with Gasteiger partial charge in [-0.1, -0.05) is 30.3 Å². The number of benzene rings is 2. The van der Waals surface area contributed by atoms with E-state index in [4.69, 9.17) is 4.74 Å². The summed E-state index contributed by atoms with van der Waals surface area (Å²) in [6, 6.07) is 11.0. The molecule has 186 valence electrons. The Hall–Kier alpha value is -2.63. The highest BCUT2D eigenvalue weighted by Crippen LogP contribution is 2.42. The first-order valence-corrected chi connectivity index (χ1v) is 12.2. The summed E-state index contributed by atoms with van der Waals surface area (Å²) in [5.41, 5.74) is -1.84. The monoisotopic (exact) mass is 499 g/mol. The van der Waals surface area contributed by atoms with Gasteiger partial charge in [-0.3, -0.25) is 4.79 Å². The van der Waals surface area contributed by atoms with Gasteiger partial charge in [-0.2, -0.15) is 13.2 Å². The number of para-hydroxylation sites is 1. The fraction of sp³-hybridized carbons (Fsp3) is 0.435. The van der Waals surface area contributed by atoms with Crippen LogP contribution < -0.4 is 15.4 Å². The number of carbonyl (C=O) groups excluding carboxylic acids is 1. The van der Waals surface area contributed by atoms with Crippen molar-refractivity contribution in [2.24, 2.45) is 0 Å². The lowest BCUT2D eigenvalue weighted by molar-refractivity contribution is -0.137. The number of nitrogens with one attached hydrogen (secondary N) is 2. The summed E-state index contributed by atoms with van der Waals surface area (Å²) < 4.78 is 73.9. The third-order valence-electron chi connectivity index (χ3n) is 6.18. The lowest BCUT2D eigenvalue weighted by Gasteiger charge is -2.44. The first-order chi connectivity index (χ1) is 15.9. The maximum atomic E-state index is 13.5. The van der Waals surface area contributed by atoms with Crippen LogP contribution >= 0.6 is 0 Å². The molecule has 0 bridgehead atoms. The molecule has 2 aromatic rings. The normalized spacial score (nSPS) is 17.3. The molecule has 1 saturated heterocycles. The minimum Gasteiger partial charge on any atom is -0.496 e. The molecule has 1 heterocycles. The highest BCUT2D eigenvalue weighted by atomic mass is 32.2. The van der Waals surface area contributed by atoms with Gasteiger partial charge in [0, 0.05) is 19.5 Å². The van der Waals surface area contributed by atoms with E-state index in [1.54, 1.807) is 18.2 Å². The van der Waals surface area contributed by atoms with Crippen molar-refractivity contribution in [2.75, 3.05) is 34.3 Å². The molecule has 34 heavy (non-hydrogen) atoms. The molecule has 0 aliphatic carbocycles. The predicted octanol–water partition coefficient (Wildman–Crippen LogP) is 2.98. The topological polar surface area (TPSA) is 87.7 Å². The fourth-order valence-corrected chi connectivity index (χ4v) is 5.94. The number of halogens is 3. The van der Waals surface area contributed by atoms with Crippen LogP contribution in [0.4, 0.5) is 13.2 Å². The second-order valence-electron chi connectivity index (χ2n) is 8.37. The van der Waals surface area contributed by atoms with Gasteiger partial charge in [0.1, 0.15) is 5.75 Å². The lowest BCUT2D eigenvalue weighted by Crippen LogP contribution is -2.60. The van der Waals surface area contributed by atoms with Crippen molar-refractivity contribution >= 4 is 15.9 Å². The second-order valence-corrected chi connectivity index (χ2v) is 10.6. The van der Waals surface area contributed by atoms with Crippen LogP contribution in [0.3, 0.4) is 0 Å². The molecule has 0 saturated carbocycles. The second kappa shape index (κ2) is 9.93. The van der Waals surface area contributed by atoms with Crippen molar-refractivity contribution in [3.63, 3.8) is 0 Å². The number of amides is 1. The van der Waals surface area contributed by atoms with E-state index in [2.05, 4.69) is 10.6 Å². The van der Waals surface area contributed by atoms with Gasteiger partial charge in [-0.25, -0.2) is 12.7 Å². The molecule has 1 amide bonds. The van der Waals surface area contributed by atoms with Crippen molar-refractivity contribution in [3.05, 3.63) is 65.2 Å². The molecule has 3 rings (SSSR count). The van der Waals surface area contributed by atoms with E-state index in [1.807, 2.05) is 0 Å². The molecule has 0 aromatic heterocycles. The summed E-state index contributed by atoms with van der Waals surface area (Å²) >= 11 is 0. The molecule has 1 aliphatic rings. The number of ether oxygens (including phenoxy) is 1. The molecule has 2 N–H and O–H groups in total. The largest absolute Gasteiger partial charge is 0.496 e. The van der Waals surface area contributed by atoms with Gasteiger partial charge < -0.3 is 15.4 Å². The number of hydrogen-bond donors (Lipinski definition) is 2. The maximum Gasteiger partial charge on any atom is 0.416 e. The number of sulfonamides is 1. The molecule has 11 heteroatoms. The average Bonchev–Trinajstić information content (AvgIpc) is 2.82. The standard InChI is InChI=1S/C23H28F3N3O4S/c1-29(2)34(31,32)21(28-20(30)18-9-4-5-10-19(18)33-3)22(11-13-27-14-12-22)16-7-6-8-17(15-16)23(24,25)26/h4-10,15,21,27H,11-14H2,1-3H3,(H,28,30). The van der Waals surface area contributed by atoms with Crippen molar-refractivity contribution in [2.45, 2.75) is 29.8 Å². The summed E-state index contributed by atoms with van der Waals surface area (Å²) in [6.07, 6.45) is -4.18. The zero-order valence-electron chi connectivity index (χ0n) is 19.1. The number of methoxy groups -OCH3 is 1. The summed E-state index contributed by atoms with van der Waals surface area (Å²) in [4.78, 5) is 13.3. The van der Waals surface area contributed by atoms with E-state index in [9.17, 15) is 26.4 Å². The molecule has 0 radical (unpaired) electrons. The number of rotatable bonds is 7. The summed E-state index contributed by atoms with van der Waals surface area (Å²) in [7, 11) is -0.115. The van der Waals surface area contributed by atoms with E-state index in [0.717, 1.165) is 16.4 Å². The van der Waals surface area contributed by atoms with Crippen molar-refractivity contribution in [3.8, 4) is 5.75 Å². The molecule has 1 aliphatic heterocycles. The quantitative estimate of drug-likeness (QED) is 0.612. The lowest BCUT2D eigenvalue weighted by atomic mass is 9.72. The average molecular weight is 500 g/mol. The van der Waals surface area contributed by atoms with Gasteiger partial charge in [0.2, 0.25) is 10.0 Å². The summed E-state index contributed by atoms with van der Waals surface area (Å²) in [6.45, 7) is 0.750. The number of carbonyl (C=O) groups is 1. The predicted molar refractivity (Wildman–Crippen MR) is 122 cm³/mol. The highest BCUT2D eigenvalue weighted by Gasteiger charge is 2.50. The zero-order chi connectivity index (χ0) is 25.1. The SMILES string of the molecule is COc1ccccc1C(=O)NC(C1(c2cccc(C(F)(F)F)c2)CCNCC1)S(=O)(=O)N(C)C. The summed E-state index contributed by atoms with van der Waals surface area (Å²) in [5, 5.41) is 4.25. The highest BCUT2D eigenvalue weighted by molar-refractivity contribution is 7.89. The van der Waals surface area contributed by atoms with Gasteiger partial charge in [-0.05, 0) is 49.7 Å². The van der Waals surface area contributed by atoms with Crippen LogP contribution in [0.25, 0.3) is 0 Å². The Morgan fingerprint density at radius 1 is 1.12 bits per heavy atom. The van der Waals surface area contributed by atoms with Crippen LogP contribution in [-0.4, -0.2) is 58.3 Å². The number of hydrogen-bond acceptors (Lipinski definition) is 5. The molecule has 1 unspecified atom stereocenters. The van der Waals surface area contributed by atoms with Crippen LogP contribution in [0.5, 0.6) is 5.75 Å². The van der Waals surface area contributed by atoms with E-state index in [-0.39, 0.29) is 29.7 Å². The Labute approximate surface area is 197 Å². The number of nitrogens with zero attached hydrogens (tertiary/aromatic N) is 1. The first kappa shape index (κ1) is 26.0. The Morgan fingerprint density at radius 2 is 1.76 bits per heavy atom. The van der Waals surface area contributed by atoms with Crippen molar-refractivity contribution < 1.29 is 31.1 Å². The molecule has 2 aromatic carbocycles. The van der Waals surface area contributed by atoms with E-state index in [1.165, 1.54) is 39.4 Å². The van der Waals surface area contributed by atoms with Crippen LogP contribution in [0, 0.1) is 0 Å². The van der Waals surface area contributed by atoms with Gasteiger partial charge in [-0.15, -0.1) is 0 Å². The molecule has 0 spiro atoms. The molecule has 1 atom stereocenters. The third kappa shape index (κ3) is 5.06. The Balaban J connectivity index is 2.18. The van der Waals surface area contributed by atoms with Crippen LogP contribution in [0.1, 0.15) is 34.3 Å². The molecular weight excluding hydrogens is 471 g/mol. The maximum absolute atomic E-state index is 13.5.